The number of nitrogens with one attached hydrogen (secondary N) is 1. The van der Waals surface area contributed by atoms with E-state index in [4.69, 9.17) is 9.47 Å². The second kappa shape index (κ2) is 7.53. The predicted molar refractivity (Wildman–Crippen MR) is 104 cm³/mol. The minimum Gasteiger partial charge on any atom is -0.497 e. The van der Waals surface area contributed by atoms with Gasteiger partial charge in [0.05, 0.1) is 25.5 Å². The minimum atomic E-state index is -0.355. The number of para-hydroxylation sites is 2. The number of carbonyl (C=O) groups is 2. The fourth-order valence-electron chi connectivity index (χ4n) is 3.04. The average molecular weight is 366 g/mol. The summed E-state index contributed by atoms with van der Waals surface area (Å²) in [6.07, 6.45) is 0. The molecule has 0 unspecified atom stereocenters. The van der Waals surface area contributed by atoms with Gasteiger partial charge >= 0.3 is 0 Å². The number of rotatable bonds is 6. The SMILES string of the molecule is COc1ccc(C2=C(Nc3ccccc3OC)C(=O)N(C(C)C)C2=O)cc1. The van der Waals surface area contributed by atoms with Gasteiger partial charge in [0.1, 0.15) is 17.2 Å². The number of carbonyl (C=O) groups excluding carboxylic acids is 2. The fraction of sp³-hybridized carbons (Fsp3) is 0.238. The van der Waals surface area contributed by atoms with E-state index in [1.54, 1.807) is 50.6 Å². The number of benzene rings is 2. The molecule has 0 saturated heterocycles. The molecule has 2 amide bonds. The first-order chi connectivity index (χ1) is 13.0. The number of hydrogen-bond acceptors (Lipinski definition) is 5. The van der Waals surface area contributed by atoms with Crippen molar-refractivity contribution in [1.82, 2.24) is 4.90 Å². The Kier molecular flexibility index (Phi) is 5.16. The molecule has 2 aromatic rings. The second-order valence-electron chi connectivity index (χ2n) is 6.38. The van der Waals surface area contributed by atoms with Crippen LogP contribution < -0.4 is 14.8 Å². The maximum atomic E-state index is 13.0. The normalized spacial score (nSPS) is 14.2. The van der Waals surface area contributed by atoms with Gasteiger partial charge in [-0.2, -0.15) is 0 Å². The smallest absolute Gasteiger partial charge is 0.278 e. The summed E-state index contributed by atoms with van der Waals surface area (Å²) in [5.74, 6) is 0.586. The van der Waals surface area contributed by atoms with Crippen LogP contribution in [0.1, 0.15) is 19.4 Å². The molecule has 6 nitrogen and oxygen atoms in total. The summed E-state index contributed by atoms with van der Waals surface area (Å²) in [6.45, 7) is 3.63. The molecule has 1 heterocycles. The summed E-state index contributed by atoms with van der Waals surface area (Å²) < 4.78 is 10.5. The summed E-state index contributed by atoms with van der Waals surface area (Å²) in [5, 5.41) is 3.11. The molecular formula is C21H22N2O4. The van der Waals surface area contributed by atoms with Gasteiger partial charge in [-0.25, -0.2) is 0 Å². The van der Waals surface area contributed by atoms with Crippen LogP contribution in [0.3, 0.4) is 0 Å². The molecule has 0 bridgehead atoms. The summed E-state index contributed by atoms with van der Waals surface area (Å²) in [7, 11) is 3.13. The maximum absolute atomic E-state index is 13.0. The Balaban J connectivity index is 2.11. The van der Waals surface area contributed by atoms with Gasteiger partial charge in [-0.3, -0.25) is 14.5 Å². The standard InChI is InChI=1S/C21H22N2O4/c1-13(2)23-20(24)18(14-9-11-15(26-3)12-10-14)19(21(23)25)22-16-7-5-6-8-17(16)27-4/h5-13,22H,1-4H3. The van der Waals surface area contributed by atoms with E-state index in [0.717, 1.165) is 0 Å². The van der Waals surface area contributed by atoms with E-state index in [0.29, 0.717) is 28.3 Å². The third-order valence-electron chi connectivity index (χ3n) is 4.38. The largest absolute Gasteiger partial charge is 0.497 e. The van der Waals surface area contributed by atoms with E-state index < -0.39 is 0 Å². The molecule has 0 aromatic heterocycles. The number of amides is 2. The van der Waals surface area contributed by atoms with Crippen molar-refractivity contribution in [3.05, 3.63) is 59.8 Å². The first-order valence-corrected chi connectivity index (χ1v) is 8.64. The van der Waals surface area contributed by atoms with Gasteiger partial charge in [0, 0.05) is 6.04 Å². The number of anilines is 1. The van der Waals surface area contributed by atoms with Crippen molar-refractivity contribution >= 4 is 23.1 Å². The fourth-order valence-corrected chi connectivity index (χ4v) is 3.04. The zero-order valence-corrected chi connectivity index (χ0v) is 15.8. The van der Waals surface area contributed by atoms with Crippen molar-refractivity contribution in [3.63, 3.8) is 0 Å². The molecule has 0 fully saturated rings. The lowest BCUT2D eigenvalue weighted by Crippen LogP contribution is -2.38. The molecule has 0 spiro atoms. The molecule has 0 saturated carbocycles. The quantitative estimate of drug-likeness (QED) is 0.795. The third-order valence-corrected chi connectivity index (χ3v) is 4.38. The topological polar surface area (TPSA) is 67.9 Å². The van der Waals surface area contributed by atoms with Crippen molar-refractivity contribution in [3.8, 4) is 11.5 Å². The lowest BCUT2D eigenvalue weighted by Gasteiger charge is -2.19. The number of imide groups is 1. The molecule has 0 radical (unpaired) electrons. The van der Waals surface area contributed by atoms with E-state index in [-0.39, 0.29) is 23.6 Å². The number of hydrogen-bond donors (Lipinski definition) is 1. The van der Waals surface area contributed by atoms with Crippen LogP contribution in [0.4, 0.5) is 5.69 Å². The summed E-state index contributed by atoms with van der Waals surface area (Å²) in [5.41, 5.74) is 1.84. The molecule has 1 N–H and O–H groups in total. The van der Waals surface area contributed by atoms with Crippen LogP contribution in [0.25, 0.3) is 5.57 Å². The van der Waals surface area contributed by atoms with Gasteiger partial charge in [0.2, 0.25) is 0 Å². The van der Waals surface area contributed by atoms with E-state index in [1.165, 1.54) is 4.90 Å². The van der Waals surface area contributed by atoms with Crippen molar-refractivity contribution in [1.29, 1.82) is 0 Å². The average Bonchev–Trinajstić information content (AvgIpc) is 2.92. The predicted octanol–water partition coefficient (Wildman–Crippen LogP) is 3.30. The Morgan fingerprint density at radius 1 is 0.889 bits per heavy atom. The highest BCUT2D eigenvalue weighted by Crippen LogP contribution is 2.34. The van der Waals surface area contributed by atoms with Gasteiger partial charge in [-0.05, 0) is 43.7 Å². The molecular weight excluding hydrogens is 344 g/mol. The Morgan fingerprint density at radius 2 is 1.56 bits per heavy atom. The van der Waals surface area contributed by atoms with Gasteiger partial charge in [0.15, 0.2) is 0 Å². The van der Waals surface area contributed by atoms with Crippen molar-refractivity contribution < 1.29 is 19.1 Å². The van der Waals surface area contributed by atoms with Gasteiger partial charge < -0.3 is 14.8 Å². The lowest BCUT2D eigenvalue weighted by molar-refractivity contribution is -0.138. The zero-order valence-electron chi connectivity index (χ0n) is 15.8. The summed E-state index contributed by atoms with van der Waals surface area (Å²) in [4.78, 5) is 27.3. The molecule has 3 rings (SSSR count). The monoisotopic (exact) mass is 366 g/mol. The molecule has 27 heavy (non-hydrogen) atoms. The molecule has 0 atom stereocenters. The lowest BCUT2D eigenvalue weighted by atomic mass is 10.0. The summed E-state index contributed by atoms with van der Waals surface area (Å²) >= 11 is 0. The van der Waals surface area contributed by atoms with Gasteiger partial charge in [-0.1, -0.05) is 24.3 Å². The van der Waals surface area contributed by atoms with Crippen molar-refractivity contribution in [2.24, 2.45) is 0 Å². The van der Waals surface area contributed by atoms with Gasteiger partial charge in [0.25, 0.3) is 11.8 Å². The first kappa shape index (κ1) is 18.5. The van der Waals surface area contributed by atoms with E-state index >= 15 is 0 Å². The Hall–Kier alpha value is -3.28. The number of methoxy groups -OCH3 is 2. The van der Waals surface area contributed by atoms with Crippen LogP contribution in [0.15, 0.2) is 54.2 Å². The molecule has 140 valence electrons. The van der Waals surface area contributed by atoms with E-state index in [2.05, 4.69) is 5.32 Å². The zero-order chi connectivity index (χ0) is 19.6. The van der Waals surface area contributed by atoms with Crippen LogP contribution >= 0.6 is 0 Å². The number of ether oxygens (including phenoxy) is 2. The van der Waals surface area contributed by atoms with Crippen LogP contribution in [-0.2, 0) is 9.59 Å². The molecule has 2 aromatic carbocycles. The second-order valence-corrected chi connectivity index (χ2v) is 6.38. The van der Waals surface area contributed by atoms with Crippen LogP contribution in [0.5, 0.6) is 11.5 Å². The van der Waals surface area contributed by atoms with Crippen molar-refractivity contribution in [2.75, 3.05) is 19.5 Å². The molecule has 6 heteroatoms. The highest BCUT2D eigenvalue weighted by atomic mass is 16.5. The molecule has 1 aliphatic heterocycles. The number of nitrogens with zero attached hydrogens (tertiary/aromatic N) is 1. The van der Waals surface area contributed by atoms with Crippen LogP contribution in [0.2, 0.25) is 0 Å². The van der Waals surface area contributed by atoms with E-state index in [1.807, 2.05) is 26.0 Å². The van der Waals surface area contributed by atoms with E-state index in [9.17, 15) is 9.59 Å². The summed E-state index contributed by atoms with van der Waals surface area (Å²) in [6, 6.07) is 14.1. The van der Waals surface area contributed by atoms with Crippen LogP contribution in [0, 0.1) is 0 Å². The maximum Gasteiger partial charge on any atom is 0.278 e. The minimum absolute atomic E-state index is 0.239. The van der Waals surface area contributed by atoms with Crippen molar-refractivity contribution in [2.45, 2.75) is 19.9 Å². The molecule has 0 aliphatic carbocycles. The van der Waals surface area contributed by atoms with Gasteiger partial charge in [-0.15, -0.1) is 0 Å². The highest BCUT2D eigenvalue weighted by Gasteiger charge is 2.40. The molecule has 1 aliphatic rings. The first-order valence-electron chi connectivity index (χ1n) is 8.64. The highest BCUT2D eigenvalue weighted by molar-refractivity contribution is 6.36. The van der Waals surface area contributed by atoms with Crippen LogP contribution in [-0.4, -0.2) is 37.0 Å². The Morgan fingerprint density at radius 3 is 2.15 bits per heavy atom. The Bertz CT molecular complexity index is 901. The Labute approximate surface area is 158 Å². The third kappa shape index (κ3) is 3.38.